The second-order valence-electron chi connectivity index (χ2n) is 5.83. The first-order valence-electron chi connectivity index (χ1n) is 8.18. The van der Waals surface area contributed by atoms with E-state index in [1.165, 1.54) is 0 Å². The Bertz CT molecular complexity index is 688. The van der Waals surface area contributed by atoms with Gasteiger partial charge in [0.2, 0.25) is 5.91 Å². The Labute approximate surface area is 141 Å². The van der Waals surface area contributed by atoms with E-state index in [0.717, 1.165) is 29.0 Å². The van der Waals surface area contributed by atoms with Gasteiger partial charge in [0, 0.05) is 25.4 Å². The van der Waals surface area contributed by atoms with Crippen molar-refractivity contribution in [1.82, 2.24) is 5.32 Å². The molecule has 1 amide bonds. The lowest BCUT2D eigenvalue weighted by Gasteiger charge is -2.13. The van der Waals surface area contributed by atoms with Gasteiger partial charge < -0.3 is 20.5 Å². The molecule has 126 valence electrons. The van der Waals surface area contributed by atoms with Gasteiger partial charge >= 0.3 is 0 Å². The lowest BCUT2D eigenvalue weighted by molar-refractivity contribution is -0.121. The molecule has 0 bridgehead atoms. The second-order valence-corrected chi connectivity index (χ2v) is 5.83. The fourth-order valence-corrected chi connectivity index (χ4v) is 2.61. The summed E-state index contributed by atoms with van der Waals surface area (Å²) in [6.07, 6.45) is 1.13. The Morgan fingerprint density at radius 1 is 1.08 bits per heavy atom. The van der Waals surface area contributed by atoms with Gasteiger partial charge in [0.05, 0.1) is 13.2 Å². The van der Waals surface area contributed by atoms with E-state index in [0.29, 0.717) is 19.8 Å². The molecular weight excluding hydrogens is 304 g/mol. The first kappa shape index (κ1) is 16.3. The average molecular weight is 326 g/mol. The highest BCUT2D eigenvalue weighted by Gasteiger charge is 2.13. The van der Waals surface area contributed by atoms with Crippen molar-refractivity contribution in [3.63, 3.8) is 0 Å². The molecule has 0 saturated heterocycles. The van der Waals surface area contributed by atoms with Gasteiger partial charge in [0.1, 0.15) is 0 Å². The normalized spacial score (nSPS) is 14.5. The fraction of sp³-hybridized carbons (Fsp3) is 0.316. The zero-order valence-corrected chi connectivity index (χ0v) is 13.5. The molecular formula is C19H22N2O3. The number of benzene rings is 2. The van der Waals surface area contributed by atoms with Crippen molar-refractivity contribution in [2.24, 2.45) is 5.73 Å². The van der Waals surface area contributed by atoms with E-state index in [9.17, 15) is 4.79 Å². The van der Waals surface area contributed by atoms with Crippen LogP contribution in [0.4, 0.5) is 0 Å². The fourth-order valence-electron chi connectivity index (χ4n) is 2.61. The summed E-state index contributed by atoms with van der Waals surface area (Å²) in [5.74, 6) is 1.42. The van der Waals surface area contributed by atoms with Crippen LogP contribution >= 0.6 is 0 Å². The summed E-state index contributed by atoms with van der Waals surface area (Å²) >= 11 is 0. The number of hydrogen-bond donors (Lipinski definition) is 2. The summed E-state index contributed by atoms with van der Waals surface area (Å²) in [5.41, 5.74) is 8.01. The molecule has 24 heavy (non-hydrogen) atoms. The van der Waals surface area contributed by atoms with Crippen LogP contribution in [0.1, 0.15) is 30.0 Å². The standard InChI is InChI=1S/C19H22N2O3/c20-16(15-5-2-1-3-6-15)12-19(22)21-13-14-7-8-17-18(11-14)24-10-4-9-23-17/h1-3,5-8,11,16H,4,9-10,12-13,20H2,(H,21,22). The Morgan fingerprint density at radius 2 is 1.83 bits per heavy atom. The van der Waals surface area contributed by atoms with E-state index in [2.05, 4.69) is 5.32 Å². The van der Waals surface area contributed by atoms with Gasteiger partial charge in [-0.25, -0.2) is 0 Å². The maximum atomic E-state index is 12.1. The number of rotatable bonds is 5. The first-order valence-corrected chi connectivity index (χ1v) is 8.18. The van der Waals surface area contributed by atoms with Crippen LogP contribution < -0.4 is 20.5 Å². The van der Waals surface area contributed by atoms with Crippen molar-refractivity contribution in [2.75, 3.05) is 13.2 Å². The van der Waals surface area contributed by atoms with Crippen molar-refractivity contribution in [1.29, 1.82) is 0 Å². The van der Waals surface area contributed by atoms with Crippen LogP contribution in [0.5, 0.6) is 11.5 Å². The molecule has 1 unspecified atom stereocenters. The molecule has 0 spiro atoms. The minimum absolute atomic E-state index is 0.0709. The quantitative estimate of drug-likeness (QED) is 0.885. The van der Waals surface area contributed by atoms with E-state index >= 15 is 0 Å². The number of amides is 1. The molecule has 2 aromatic rings. The van der Waals surface area contributed by atoms with Crippen LogP contribution in [0.25, 0.3) is 0 Å². The first-order chi connectivity index (χ1) is 11.7. The van der Waals surface area contributed by atoms with Gasteiger partial charge in [-0.2, -0.15) is 0 Å². The van der Waals surface area contributed by atoms with Crippen LogP contribution in [0.15, 0.2) is 48.5 Å². The molecule has 5 nitrogen and oxygen atoms in total. The van der Waals surface area contributed by atoms with Crippen LogP contribution in [-0.2, 0) is 11.3 Å². The molecule has 1 heterocycles. The number of nitrogens with one attached hydrogen (secondary N) is 1. The van der Waals surface area contributed by atoms with Gasteiger partial charge in [-0.1, -0.05) is 36.4 Å². The highest BCUT2D eigenvalue weighted by atomic mass is 16.5. The number of carbonyl (C=O) groups is 1. The van der Waals surface area contributed by atoms with E-state index in [1.807, 2.05) is 48.5 Å². The van der Waals surface area contributed by atoms with Crippen molar-refractivity contribution >= 4 is 5.91 Å². The lowest BCUT2D eigenvalue weighted by atomic mass is 10.0. The summed E-state index contributed by atoms with van der Waals surface area (Å²) < 4.78 is 11.3. The minimum atomic E-state index is -0.296. The van der Waals surface area contributed by atoms with Crippen LogP contribution in [0.3, 0.4) is 0 Å². The molecule has 2 aromatic carbocycles. The summed E-state index contributed by atoms with van der Waals surface area (Å²) in [5, 5.41) is 2.91. The summed E-state index contributed by atoms with van der Waals surface area (Å²) in [4.78, 5) is 12.1. The second kappa shape index (κ2) is 7.84. The van der Waals surface area contributed by atoms with Crippen molar-refractivity contribution in [3.05, 3.63) is 59.7 Å². The molecule has 1 atom stereocenters. The zero-order valence-electron chi connectivity index (χ0n) is 13.5. The number of nitrogens with two attached hydrogens (primary N) is 1. The third kappa shape index (κ3) is 4.26. The van der Waals surface area contributed by atoms with Crippen LogP contribution in [0, 0.1) is 0 Å². The largest absolute Gasteiger partial charge is 0.490 e. The maximum Gasteiger partial charge on any atom is 0.222 e. The van der Waals surface area contributed by atoms with Crippen molar-refractivity contribution < 1.29 is 14.3 Å². The molecule has 1 aliphatic rings. The molecule has 3 rings (SSSR count). The lowest BCUT2D eigenvalue weighted by Crippen LogP contribution is -2.27. The molecule has 0 fully saturated rings. The molecule has 1 aliphatic heterocycles. The summed E-state index contributed by atoms with van der Waals surface area (Å²) in [7, 11) is 0. The summed E-state index contributed by atoms with van der Waals surface area (Å²) in [6, 6.07) is 15.1. The molecule has 0 aromatic heterocycles. The van der Waals surface area contributed by atoms with E-state index < -0.39 is 0 Å². The highest BCUT2D eigenvalue weighted by Crippen LogP contribution is 2.30. The molecule has 0 radical (unpaired) electrons. The van der Waals surface area contributed by atoms with E-state index in [-0.39, 0.29) is 18.4 Å². The summed E-state index contributed by atoms with van der Waals surface area (Å²) in [6.45, 7) is 1.76. The zero-order chi connectivity index (χ0) is 16.8. The number of fused-ring (bicyclic) bond motifs is 1. The Kier molecular flexibility index (Phi) is 5.33. The van der Waals surface area contributed by atoms with Gasteiger partial charge in [0.25, 0.3) is 0 Å². The molecule has 0 aliphatic carbocycles. The van der Waals surface area contributed by atoms with Crippen molar-refractivity contribution in [2.45, 2.75) is 25.4 Å². The number of carbonyl (C=O) groups excluding carboxylic acids is 1. The SMILES string of the molecule is NC(CC(=O)NCc1ccc2c(c1)OCCCO2)c1ccccc1. The van der Waals surface area contributed by atoms with Crippen LogP contribution in [-0.4, -0.2) is 19.1 Å². The van der Waals surface area contributed by atoms with Crippen LogP contribution in [0.2, 0.25) is 0 Å². The predicted octanol–water partition coefficient (Wildman–Crippen LogP) is 2.55. The maximum absolute atomic E-state index is 12.1. The van der Waals surface area contributed by atoms with Gasteiger partial charge in [0.15, 0.2) is 11.5 Å². The third-order valence-corrected chi connectivity index (χ3v) is 3.93. The highest BCUT2D eigenvalue weighted by molar-refractivity contribution is 5.76. The van der Waals surface area contributed by atoms with E-state index in [1.54, 1.807) is 0 Å². The number of hydrogen-bond acceptors (Lipinski definition) is 4. The molecule has 3 N–H and O–H groups in total. The molecule has 5 heteroatoms. The average Bonchev–Trinajstić information content (AvgIpc) is 2.85. The minimum Gasteiger partial charge on any atom is -0.490 e. The van der Waals surface area contributed by atoms with E-state index in [4.69, 9.17) is 15.2 Å². The smallest absolute Gasteiger partial charge is 0.222 e. The third-order valence-electron chi connectivity index (χ3n) is 3.93. The Hall–Kier alpha value is -2.53. The van der Waals surface area contributed by atoms with Gasteiger partial charge in [-0.15, -0.1) is 0 Å². The van der Waals surface area contributed by atoms with Crippen molar-refractivity contribution in [3.8, 4) is 11.5 Å². The Morgan fingerprint density at radius 3 is 2.62 bits per heavy atom. The van der Waals surface area contributed by atoms with Gasteiger partial charge in [-0.3, -0.25) is 4.79 Å². The number of ether oxygens (including phenoxy) is 2. The van der Waals surface area contributed by atoms with Gasteiger partial charge in [-0.05, 0) is 23.3 Å². The topological polar surface area (TPSA) is 73.6 Å². The Balaban J connectivity index is 1.54. The monoisotopic (exact) mass is 326 g/mol. The molecule has 0 saturated carbocycles. The predicted molar refractivity (Wildman–Crippen MR) is 91.9 cm³/mol.